The molecular weight excluding hydrogens is 296 g/mol. The molecule has 0 aliphatic carbocycles. The molecule has 4 heteroatoms. The molecule has 0 saturated carbocycles. The van der Waals surface area contributed by atoms with Crippen LogP contribution in [0.4, 0.5) is 0 Å². The second kappa shape index (κ2) is 3.61. The van der Waals surface area contributed by atoms with E-state index in [0.717, 1.165) is 3.57 Å². The number of hydrogen-bond donors (Lipinski definition) is 0. The Morgan fingerprint density at radius 2 is 2.00 bits per heavy atom. The molecule has 0 aromatic heterocycles. The molecule has 0 heterocycles. The van der Waals surface area contributed by atoms with E-state index in [1.165, 1.54) is 0 Å². The minimum atomic E-state index is 0.407. The molecule has 0 atom stereocenters. The first-order valence-corrected chi connectivity index (χ1v) is 4.53. The van der Waals surface area contributed by atoms with Gasteiger partial charge in [0.1, 0.15) is 6.07 Å². The van der Waals surface area contributed by atoms with Crippen LogP contribution in [0.25, 0.3) is 0 Å². The second-order valence-corrected chi connectivity index (χ2v) is 3.86. The highest BCUT2D eigenvalue weighted by Crippen LogP contribution is 2.25. The van der Waals surface area contributed by atoms with Crippen LogP contribution in [-0.4, -0.2) is 0 Å². The summed E-state index contributed by atoms with van der Waals surface area (Å²) < 4.78 is 0.780. The molecule has 0 radical (unpaired) electrons. The first-order chi connectivity index (χ1) is 5.15. The third-order valence-corrected chi connectivity index (χ3v) is 2.49. The van der Waals surface area contributed by atoms with Gasteiger partial charge in [0.2, 0.25) is 0 Å². The summed E-state index contributed by atoms with van der Waals surface area (Å²) in [5.74, 6) is 0. The third kappa shape index (κ3) is 1.98. The predicted octanol–water partition coefficient (Wildman–Crippen LogP) is 3.47. The standard InChI is InChI=1S/C7H2Cl2IN/c8-4-1-6(9)5(3-11)7(10)2-4/h1-2H. The van der Waals surface area contributed by atoms with Gasteiger partial charge >= 0.3 is 0 Å². The molecule has 0 unspecified atom stereocenters. The van der Waals surface area contributed by atoms with E-state index in [1.54, 1.807) is 12.1 Å². The molecular formula is C7H2Cl2IN. The molecule has 1 nitrogen and oxygen atoms in total. The number of hydrogen-bond acceptors (Lipinski definition) is 1. The summed E-state index contributed by atoms with van der Waals surface area (Å²) in [4.78, 5) is 0. The normalized spacial score (nSPS) is 9.27. The van der Waals surface area contributed by atoms with E-state index >= 15 is 0 Å². The van der Waals surface area contributed by atoms with Gasteiger partial charge in [-0.1, -0.05) is 23.2 Å². The lowest BCUT2D eigenvalue weighted by molar-refractivity contribution is 1.46. The first-order valence-electron chi connectivity index (χ1n) is 2.70. The molecule has 11 heavy (non-hydrogen) atoms. The summed E-state index contributed by atoms with van der Waals surface area (Å²) in [6, 6.07) is 5.25. The Bertz CT molecular complexity index is 307. The Morgan fingerprint density at radius 3 is 2.45 bits per heavy atom. The van der Waals surface area contributed by atoms with Gasteiger partial charge in [0.15, 0.2) is 0 Å². The van der Waals surface area contributed by atoms with Crippen LogP contribution in [0.2, 0.25) is 10.0 Å². The van der Waals surface area contributed by atoms with Crippen molar-refractivity contribution in [2.75, 3.05) is 0 Å². The molecule has 1 rings (SSSR count). The summed E-state index contributed by atoms with van der Waals surface area (Å²) in [6.07, 6.45) is 0. The van der Waals surface area contributed by atoms with Crippen LogP contribution in [0.15, 0.2) is 12.1 Å². The van der Waals surface area contributed by atoms with Crippen LogP contribution >= 0.6 is 45.8 Å². The minimum absolute atomic E-state index is 0.407. The molecule has 0 N–H and O–H groups in total. The van der Waals surface area contributed by atoms with Crippen LogP contribution in [0.5, 0.6) is 0 Å². The van der Waals surface area contributed by atoms with Crippen molar-refractivity contribution in [3.63, 3.8) is 0 Å². The van der Waals surface area contributed by atoms with E-state index in [0.29, 0.717) is 15.6 Å². The lowest BCUT2D eigenvalue weighted by Gasteiger charge is -1.98. The molecule has 1 aromatic carbocycles. The maximum Gasteiger partial charge on any atom is 0.102 e. The van der Waals surface area contributed by atoms with Crippen molar-refractivity contribution in [1.82, 2.24) is 0 Å². The van der Waals surface area contributed by atoms with E-state index in [2.05, 4.69) is 0 Å². The van der Waals surface area contributed by atoms with Gasteiger partial charge in [-0.3, -0.25) is 0 Å². The largest absolute Gasteiger partial charge is 0.192 e. The Balaban J connectivity index is 3.40. The number of nitriles is 1. The van der Waals surface area contributed by atoms with E-state index < -0.39 is 0 Å². The third-order valence-electron chi connectivity index (χ3n) is 1.12. The molecule has 56 valence electrons. The molecule has 0 spiro atoms. The predicted molar refractivity (Wildman–Crippen MR) is 53.9 cm³/mol. The summed E-state index contributed by atoms with van der Waals surface area (Å²) in [6.45, 7) is 0. The average Bonchev–Trinajstić information content (AvgIpc) is 1.85. The van der Waals surface area contributed by atoms with Gasteiger partial charge in [0.05, 0.1) is 10.6 Å². The van der Waals surface area contributed by atoms with Gasteiger partial charge in [-0.15, -0.1) is 0 Å². The van der Waals surface area contributed by atoms with Crippen LogP contribution in [0.1, 0.15) is 5.56 Å². The quantitative estimate of drug-likeness (QED) is 0.673. The Morgan fingerprint density at radius 1 is 1.36 bits per heavy atom. The zero-order valence-electron chi connectivity index (χ0n) is 5.24. The van der Waals surface area contributed by atoms with Crippen molar-refractivity contribution >= 4 is 45.8 Å². The number of rotatable bonds is 0. The average molecular weight is 298 g/mol. The maximum absolute atomic E-state index is 8.61. The van der Waals surface area contributed by atoms with Gasteiger partial charge in [0.25, 0.3) is 0 Å². The fraction of sp³-hybridized carbons (Fsp3) is 0. The van der Waals surface area contributed by atoms with E-state index in [-0.39, 0.29) is 0 Å². The molecule has 0 aliphatic rings. The van der Waals surface area contributed by atoms with Crippen molar-refractivity contribution in [1.29, 1.82) is 5.26 Å². The lowest BCUT2D eigenvalue weighted by Crippen LogP contribution is -1.82. The van der Waals surface area contributed by atoms with E-state index in [1.807, 2.05) is 28.7 Å². The first kappa shape index (κ1) is 9.11. The summed E-state index contributed by atoms with van der Waals surface area (Å²) >= 11 is 13.4. The molecule has 0 amide bonds. The van der Waals surface area contributed by atoms with Crippen molar-refractivity contribution in [2.45, 2.75) is 0 Å². The monoisotopic (exact) mass is 297 g/mol. The maximum atomic E-state index is 8.61. The van der Waals surface area contributed by atoms with Gasteiger partial charge < -0.3 is 0 Å². The van der Waals surface area contributed by atoms with Gasteiger partial charge in [0, 0.05) is 8.59 Å². The topological polar surface area (TPSA) is 23.8 Å². The lowest BCUT2D eigenvalue weighted by atomic mass is 10.2. The summed E-state index contributed by atoms with van der Waals surface area (Å²) in [7, 11) is 0. The highest BCUT2D eigenvalue weighted by Gasteiger charge is 2.04. The van der Waals surface area contributed by atoms with Crippen LogP contribution in [0, 0.1) is 14.9 Å². The highest BCUT2D eigenvalue weighted by atomic mass is 127. The fourth-order valence-electron chi connectivity index (χ4n) is 0.649. The van der Waals surface area contributed by atoms with Crippen molar-refractivity contribution in [3.8, 4) is 6.07 Å². The van der Waals surface area contributed by atoms with Crippen LogP contribution < -0.4 is 0 Å². The van der Waals surface area contributed by atoms with Gasteiger partial charge in [-0.05, 0) is 34.7 Å². The Kier molecular flexibility index (Phi) is 2.99. The molecule has 1 aromatic rings. The van der Waals surface area contributed by atoms with Crippen molar-refractivity contribution in [3.05, 3.63) is 31.3 Å². The second-order valence-electron chi connectivity index (χ2n) is 1.86. The van der Waals surface area contributed by atoms with Gasteiger partial charge in [-0.25, -0.2) is 0 Å². The smallest absolute Gasteiger partial charge is 0.102 e. The molecule has 0 saturated heterocycles. The molecule has 0 aliphatic heterocycles. The number of halogens is 3. The highest BCUT2D eigenvalue weighted by molar-refractivity contribution is 14.1. The zero-order valence-corrected chi connectivity index (χ0v) is 8.91. The fourth-order valence-corrected chi connectivity index (χ4v) is 2.27. The summed E-state index contributed by atoms with van der Waals surface area (Å²) in [5.41, 5.74) is 0.483. The SMILES string of the molecule is N#Cc1c(Cl)cc(Cl)cc1I. The Labute approximate surface area is 88.1 Å². The minimum Gasteiger partial charge on any atom is -0.192 e. The van der Waals surface area contributed by atoms with Crippen LogP contribution in [0.3, 0.4) is 0 Å². The summed E-state index contributed by atoms with van der Waals surface area (Å²) in [5, 5.41) is 9.57. The molecule has 0 bridgehead atoms. The number of benzene rings is 1. The van der Waals surface area contributed by atoms with E-state index in [4.69, 9.17) is 28.5 Å². The van der Waals surface area contributed by atoms with Crippen LogP contribution in [-0.2, 0) is 0 Å². The van der Waals surface area contributed by atoms with Crippen molar-refractivity contribution in [2.24, 2.45) is 0 Å². The zero-order chi connectivity index (χ0) is 8.43. The van der Waals surface area contributed by atoms with Crippen molar-refractivity contribution < 1.29 is 0 Å². The van der Waals surface area contributed by atoms with E-state index in [9.17, 15) is 0 Å². The number of nitrogens with zero attached hydrogens (tertiary/aromatic N) is 1. The molecule has 0 fully saturated rings. The van der Waals surface area contributed by atoms with Gasteiger partial charge in [-0.2, -0.15) is 5.26 Å². The Hall–Kier alpha value is 0.0200.